The van der Waals surface area contributed by atoms with Gasteiger partial charge >= 0.3 is 0 Å². The third-order valence-corrected chi connectivity index (χ3v) is 7.08. The molecule has 1 heterocycles. The van der Waals surface area contributed by atoms with Crippen molar-refractivity contribution in [3.8, 4) is 28.0 Å². The third-order valence-electron chi connectivity index (χ3n) is 5.66. The number of benzene rings is 3. The summed E-state index contributed by atoms with van der Waals surface area (Å²) < 4.78 is 8.36. The number of rotatable bonds is 8. The van der Waals surface area contributed by atoms with Crippen LogP contribution in [0.3, 0.4) is 0 Å². The molecule has 0 aliphatic rings. The van der Waals surface area contributed by atoms with E-state index >= 15 is 0 Å². The Morgan fingerprint density at radius 2 is 1.52 bits per heavy atom. The molecule has 0 atom stereocenters. The Kier molecular flexibility index (Phi) is 7.69. The Labute approximate surface area is 206 Å². The Morgan fingerprint density at radius 1 is 0.848 bits per heavy atom. The zero-order valence-corrected chi connectivity index (χ0v) is 21.0. The summed E-state index contributed by atoms with van der Waals surface area (Å²) in [5.41, 5.74) is 5.85. The minimum atomic E-state index is 0.865. The van der Waals surface area contributed by atoms with Gasteiger partial charge in [0, 0.05) is 40.4 Å². The minimum absolute atomic E-state index is 0.865. The summed E-state index contributed by atoms with van der Waals surface area (Å²) in [6.07, 6.45) is 7.81. The van der Waals surface area contributed by atoms with E-state index in [0.29, 0.717) is 0 Å². The molecule has 168 valence electrons. The van der Waals surface area contributed by atoms with E-state index in [2.05, 4.69) is 91.6 Å². The van der Waals surface area contributed by atoms with Crippen molar-refractivity contribution in [3.05, 3.63) is 95.3 Å². The van der Waals surface area contributed by atoms with Crippen LogP contribution >= 0.6 is 24.0 Å². The van der Waals surface area contributed by atoms with Crippen LogP contribution in [0.25, 0.3) is 22.3 Å². The molecule has 0 radical (unpaired) electrons. The maximum absolute atomic E-state index is 5.99. The lowest BCUT2D eigenvalue weighted by molar-refractivity contribution is 0.413. The number of aryl methyl sites for hydroxylation is 2. The molecule has 0 amide bonds. The van der Waals surface area contributed by atoms with Crippen LogP contribution in [-0.4, -0.2) is 11.7 Å². The Hall–Kier alpha value is -2.82. The number of pyridine rings is 1. The van der Waals surface area contributed by atoms with Gasteiger partial charge in [0.05, 0.1) is 11.6 Å². The summed E-state index contributed by atoms with van der Waals surface area (Å²) in [4.78, 5) is 2.32. The zero-order valence-electron chi connectivity index (χ0n) is 19.4. The Bertz CT molecular complexity index is 1290. The second-order valence-electron chi connectivity index (χ2n) is 8.19. The molecule has 0 aliphatic carbocycles. The zero-order chi connectivity index (χ0) is 23.2. The lowest BCUT2D eigenvalue weighted by atomic mass is 9.99. The normalized spacial score (nSPS) is 10.9. The van der Waals surface area contributed by atoms with Crippen LogP contribution in [0.5, 0.6) is 5.75 Å². The standard InChI is InChI=1S/C29H29NOS2/c1-4-5-8-21-13-15-22(16-14-21)27-19-30(2)20-28(29(27)32)23-9-6-11-25(17-23)33-26-12-7-10-24(18-26)31-3/h6-7,9-20H,4-5,8H2,1-3H3. The lowest BCUT2D eigenvalue weighted by Gasteiger charge is -2.12. The van der Waals surface area contributed by atoms with Crippen molar-refractivity contribution in [3.63, 3.8) is 0 Å². The van der Waals surface area contributed by atoms with Crippen molar-refractivity contribution in [2.75, 3.05) is 7.11 Å². The first-order valence-corrected chi connectivity index (χ1v) is 12.5. The molecule has 0 saturated carbocycles. The molecule has 4 aromatic rings. The van der Waals surface area contributed by atoms with Gasteiger partial charge in [-0.2, -0.15) is 0 Å². The molecule has 0 aliphatic heterocycles. The predicted molar refractivity (Wildman–Crippen MR) is 143 cm³/mol. The Morgan fingerprint density at radius 3 is 2.21 bits per heavy atom. The molecule has 0 N–H and O–H groups in total. The maximum atomic E-state index is 5.99. The topological polar surface area (TPSA) is 14.2 Å². The number of unbranched alkanes of at least 4 members (excludes halogenated alkanes) is 1. The number of ether oxygens (including phenoxy) is 1. The molecule has 33 heavy (non-hydrogen) atoms. The number of aromatic nitrogens is 1. The lowest BCUT2D eigenvalue weighted by Crippen LogP contribution is -1.95. The summed E-state index contributed by atoms with van der Waals surface area (Å²) >= 11 is 7.71. The van der Waals surface area contributed by atoms with Crippen LogP contribution in [0.15, 0.2) is 95.0 Å². The molecule has 2 nitrogen and oxygen atoms in total. The molecule has 4 rings (SSSR count). The van der Waals surface area contributed by atoms with Crippen molar-refractivity contribution < 1.29 is 4.74 Å². The van der Waals surface area contributed by atoms with Crippen molar-refractivity contribution in [1.82, 2.24) is 4.57 Å². The fourth-order valence-electron chi connectivity index (χ4n) is 3.88. The molecule has 1 aromatic heterocycles. The van der Waals surface area contributed by atoms with E-state index in [1.807, 2.05) is 12.1 Å². The van der Waals surface area contributed by atoms with Gasteiger partial charge in [-0.1, -0.05) is 79.8 Å². The highest BCUT2D eigenvalue weighted by atomic mass is 32.2. The molecule has 3 aromatic carbocycles. The average Bonchev–Trinajstić information content (AvgIpc) is 2.84. The van der Waals surface area contributed by atoms with Gasteiger partial charge in [-0.15, -0.1) is 0 Å². The molecule has 0 bridgehead atoms. The average molecular weight is 472 g/mol. The van der Waals surface area contributed by atoms with Gasteiger partial charge in [0.2, 0.25) is 0 Å². The van der Waals surface area contributed by atoms with Gasteiger partial charge in [0.25, 0.3) is 0 Å². The first kappa shape index (κ1) is 23.3. The third kappa shape index (κ3) is 5.76. The highest BCUT2D eigenvalue weighted by Crippen LogP contribution is 2.34. The number of hydrogen-bond donors (Lipinski definition) is 0. The van der Waals surface area contributed by atoms with Crippen LogP contribution in [0.1, 0.15) is 25.3 Å². The predicted octanol–water partition coefficient (Wildman–Crippen LogP) is 8.59. The number of hydrogen-bond acceptors (Lipinski definition) is 3. The summed E-state index contributed by atoms with van der Waals surface area (Å²) in [5.74, 6) is 0.865. The smallest absolute Gasteiger partial charge is 0.119 e. The van der Waals surface area contributed by atoms with E-state index in [1.54, 1.807) is 18.9 Å². The fraction of sp³-hybridized carbons (Fsp3) is 0.207. The number of nitrogens with zero attached hydrogens (tertiary/aromatic N) is 1. The monoisotopic (exact) mass is 471 g/mol. The van der Waals surface area contributed by atoms with E-state index in [9.17, 15) is 0 Å². The highest BCUT2D eigenvalue weighted by Gasteiger charge is 2.10. The molecular weight excluding hydrogens is 442 g/mol. The first-order chi connectivity index (χ1) is 16.1. The molecule has 4 heteroatoms. The van der Waals surface area contributed by atoms with Crippen LogP contribution in [0, 0.1) is 4.51 Å². The van der Waals surface area contributed by atoms with E-state index in [-0.39, 0.29) is 0 Å². The molecule has 0 fully saturated rings. The number of methoxy groups -OCH3 is 1. The van der Waals surface area contributed by atoms with Gasteiger partial charge < -0.3 is 9.30 Å². The summed E-state index contributed by atoms with van der Waals surface area (Å²) in [5, 5.41) is 0. The molecular formula is C29H29NOS2. The molecule has 0 spiro atoms. The van der Waals surface area contributed by atoms with E-state index < -0.39 is 0 Å². The van der Waals surface area contributed by atoms with Crippen molar-refractivity contribution in [1.29, 1.82) is 0 Å². The fourth-order valence-corrected chi connectivity index (χ4v) is 5.15. The van der Waals surface area contributed by atoms with Crippen LogP contribution in [0.4, 0.5) is 0 Å². The maximum Gasteiger partial charge on any atom is 0.119 e. The first-order valence-electron chi connectivity index (χ1n) is 11.3. The second kappa shape index (κ2) is 10.9. The van der Waals surface area contributed by atoms with Crippen molar-refractivity contribution >= 4 is 24.0 Å². The van der Waals surface area contributed by atoms with E-state index in [4.69, 9.17) is 17.0 Å². The summed E-state index contributed by atoms with van der Waals surface area (Å²) in [7, 11) is 3.76. The summed E-state index contributed by atoms with van der Waals surface area (Å²) in [6, 6.07) is 25.6. The van der Waals surface area contributed by atoms with Crippen molar-refractivity contribution in [2.24, 2.45) is 7.05 Å². The van der Waals surface area contributed by atoms with Gasteiger partial charge in [-0.3, -0.25) is 0 Å². The van der Waals surface area contributed by atoms with E-state index in [0.717, 1.165) is 38.3 Å². The van der Waals surface area contributed by atoms with Gasteiger partial charge in [0.15, 0.2) is 0 Å². The highest BCUT2D eigenvalue weighted by molar-refractivity contribution is 7.99. The molecule has 0 unspecified atom stereocenters. The van der Waals surface area contributed by atoms with Crippen LogP contribution in [0.2, 0.25) is 0 Å². The Balaban J connectivity index is 1.66. The van der Waals surface area contributed by atoms with E-state index in [1.165, 1.54) is 28.9 Å². The van der Waals surface area contributed by atoms with Crippen molar-refractivity contribution in [2.45, 2.75) is 36.0 Å². The van der Waals surface area contributed by atoms with Gasteiger partial charge in [-0.05, 0) is 59.9 Å². The largest absolute Gasteiger partial charge is 0.497 e. The SMILES string of the molecule is CCCCc1ccc(-c2cn(C)cc(-c3cccc(Sc4cccc(OC)c4)c3)c2=S)cc1. The second-order valence-corrected chi connectivity index (χ2v) is 9.74. The van der Waals surface area contributed by atoms with Gasteiger partial charge in [-0.25, -0.2) is 0 Å². The van der Waals surface area contributed by atoms with Gasteiger partial charge in [0.1, 0.15) is 5.75 Å². The minimum Gasteiger partial charge on any atom is -0.497 e. The summed E-state index contributed by atoms with van der Waals surface area (Å²) in [6.45, 7) is 2.23. The molecule has 0 saturated heterocycles. The quantitative estimate of drug-likeness (QED) is 0.239. The van der Waals surface area contributed by atoms with Crippen LogP contribution in [-0.2, 0) is 13.5 Å². The van der Waals surface area contributed by atoms with Crippen LogP contribution < -0.4 is 4.74 Å².